The number of nitrogens with one attached hydrogen (secondary N) is 1. The summed E-state index contributed by atoms with van der Waals surface area (Å²) >= 11 is 0. The van der Waals surface area contributed by atoms with E-state index in [0.29, 0.717) is 5.82 Å². The Morgan fingerprint density at radius 1 is 1.19 bits per heavy atom. The van der Waals surface area contributed by atoms with E-state index in [9.17, 15) is 9.59 Å². The van der Waals surface area contributed by atoms with E-state index < -0.39 is 11.5 Å². The van der Waals surface area contributed by atoms with Crippen LogP contribution in [0.3, 0.4) is 0 Å². The highest BCUT2D eigenvalue weighted by atomic mass is 16.6. The molecule has 1 fully saturated rings. The molecule has 6 heteroatoms. The van der Waals surface area contributed by atoms with Gasteiger partial charge in [0.15, 0.2) is 0 Å². The second-order valence-corrected chi connectivity index (χ2v) is 7.72. The summed E-state index contributed by atoms with van der Waals surface area (Å²) in [6.45, 7) is 1.83. The summed E-state index contributed by atoms with van der Waals surface area (Å²) in [5, 5.41) is 7.08. The first-order chi connectivity index (χ1) is 15.0. The summed E-state index contributed by atoms with van der Waals surface area (Å²) in [5.41, 5.74) is 2.99. The highest BCUT2D eigenvalue weighted by Crippen LogP contribution is 2.42. The molecule has 4 rings (SSSR count). The highest BCUT2D eigenvalue weighted by molar-refractivity contribution is 5.90. The zero-order chi connectivity index (χ0) is 21.8. The van der Waals surface area contributed by atoms with Crippen LogP contribution in [-0.2, 0) is 16.6 Å². The maximum Gasteiger partial charge on any atom is 0.413 e. The van der Waals surface area contributed by atoms with Crippen LogP contribution in [0.2, 0.25) is 0 Å². The molecule has 0 aliphatic heterocycles. The number of rotatable bonds is 5. The number of anilines is 1. The van der Waals surface area contributed by atoms with Crippen LogP contribution in [0.15, 0.2) is 60.8 Å². The maximum atomic E-state index is 12.5. The number of hydrogen-bond acceptors (Lipinski definition) is 4. The molecule has 31 heavy (non-hydrogen) atoms. The van der Waals surface area contributed by atoms with Gasteiger partial charge in [0, 0.05) is 18.2 Å². The summed E-state index contributed by atoms with van der Waals surface area (Å²) in [4.78, 5) is 23.5. The lowest BCUT2D eigenvalue weighted by Gasteiger charge is -2.15. The van der Waals surface area contributed by atoms with Crippen molar-refractivity contribution in [3.05, 3.63) is 71.9 Å². The predicted molar refractivity (Wildman–Crippen MR) is 118 cm³/mol. The molecule has 1 aliphatic carbocycles. The molecule has 1 amide bonds. The van der Waals surface area contributed by atoms with Crippen LogP contribution in [0.1, 0.15) is 37.0 Å². The number of nitrogens with zero attached hydrogens (tertiary/aromatic N) is 2. The molecule has 156 valence electrons. The second-order valence-electron chi connectivity index (χ2n) is 7.72. The summed E-state index contributed by atoms with van der Waals surface area (Å²) in [7, 11) is 1.76. The first-order valence-electron chi connectivity index (χ1n) is 10.1. The second kappa shape index (κ2) is 8.49. The number of carbonyl (C=O) groups excluding carboxylic acids is 2. The van der Waals surface area contributed by atoms with Crippen LogP contribution in [-0.4, -0.2) is 22.2 Å². The number of hydrogen-bond donors (Lipinski definition) is 1. The first kappa shape index (κ1) is 20.4. The van der Waals surface area contributed by atoms with Crippen molar-refractivity contribution in [3.63, 3.8) is 0 Å². The summed E-state index contributed by atoms with van der Waals surface area (Å²) in [6.07, 6.45) is 3.39. The van der Waals surface area contributed by atoms with E-state index >= 15 is 0 Å². The monoisotopic (exact) mass is 413 g/mol. The molecule has 0 spiro atoms. The third-order valence-electron chi connectivity index (χ3n) is 5.38. The van der Waals surface area contributed by atoms with Gasteiger partial charge in [-0.05, 0) is 43.0 Å². The smallest absolute Gasteiger partial charge is 0.413 e. The van der Waals surface area contributed by atoms with Gasteiger partial charge in [-0.2, -0.15) is 5.10 Å². The highest BCUT2D eigenvalue weighted by Gasteiger charge is 2.40. The fourth-order valence-electron chi connectivity index (χ4n) is 3.21. The molecule has 0 radical (unpaired) electrons. The molecule has 0 bridgehead atoms. The predicted octanol–water partition coefficient (Wildman–Crippen LogP) is 4.73. The largest absolute Gasteiger partial charge is 0.441 e. The van der Waals surface area contributed by atoms with Gasteiger partial charge < -0.3 is 9.53 Å². The van der Waals surface area contributed by atoms with Gasteiger partial charge in [-0.1, -0.05) is 54.3 Å². The molecule has 1 heterocycles. The number of carbonyl (C=O) groups is 2. The van der Waals surface area contributed by atoms with Crippen LogP contribution in [0.5, 0.6) is 0 Å². The molecular weight excluding hydrogens is 390 g/mol. The fourth-order valence-corrected chi connectivity index (χ4v) is 3.21. The van der Waals surface area contributed by atoms with Gasteiger partial charge >= 0.3 is 6.09 Å². The normalized spacial score (nSPS) is 14.6. The zero-order valence-electron chi connectivity index (χ0n) is 17.5. The molecule has 1 aliphatic rings. The van der Waals surface area contributed by atoms with Crippen molar-refractivity contribution >= 4 is 18.2 Å². The van der Waals surface area contributed by atoms with Crippen molar-refractivity contribution in [2.24, 2.45) is 12.5 Å². The van der Waals surface area contributed by atoms with Gasteiger partial charge in [0.25, 0.3) is 0 Å². The minimum Gasteiger partial charge on any atom is -0.441 e. The fraction of sp³-hybridized carbons (Fsp3) is 0.240. The Kier molecular flexibility index (Phi) is 5.59. The molecule has 1 N–H and O–H groups in total. The Morgan fingerprint density at radius 2 is 1.90 bits per heavy atom. The Hall–Kier alpha value is -3.85. The molecule has 0 unspecified atom stereocenters. The average molecular weight is 413 g/mol. The Bertz CT molecular complexity index is 1150. The van der Waals surface area contributed by atoms with E-state index in [-0.39, 0.29) is 6.10 Å². The number of ether oxygens (including phenoxy) is 1. The van der Waals surface area contributed by atoms with Gasteiger partial charge in [0.1, 0.15) is 18.2 Å². The van der Waals surface area contributed by atoms with Crippen LogP contribution < -0.4 is 5.32 Å². The van der Waals surface area contributed by atoms with Gasteiger partial charge in [-0.3, -0.25) is 10.00 Å². The zero-order valence-corrected chi connectivity index (χ0v) is 17.5. The standard InChI is InChI=1S/C25H23N3O3/c1-18(20-6-4-3-5-7-20)31-24(30)27-23-22(16-26-28(23)2)21-10-8-19(9-11-21)12-13-25(17-29)14-15-25/h3-11,16-18H,14-15H2,1-2H3,(H,27,30)/t18-/m1/s1. The number of benzene rings is 2. The molecule has 1 saturated carbocycles. The number of aldehydes is 1. The lowest BCUT2D eigenvalue weighted by molar-refractivity contribution is -0.110. The van der Waals surface area contributed by atoms with Crippen LogP contribution in [0.25, 0.3) is 11.1 Å². The Labute approximate surface area is 181 Å². The third kappa shape index (κ3) is 4.67. The van der Waals surface area contributed by atoms with E-state index in [1.807, 2.05) is 61.5 Å². The van der Waals surface area contributed by atoms with E-state index in [4.69, 9.17) is 4.74 Å². The maximum absolute atomic E-state index is 12.5. The minimum atomic E-state index is -0.549. The van der Waals surface area contributed by atoms with Gasteiger partial charge in [-0.25, -0.2) is 4.79 Å². The average Bonchev–Trinajstić information content (AvgIpc) is 3.50. The summed E-state index contributed by atoms with van der Waals surface area (Å²) in [6, 6.07) is 17.2. The first-order valence-corrected chi connectivity index (χ1v) is 10.1. The molecule has 1 atom stereocenters. The lowest BCUT2D eigenvalue weighted by atomic mass is 10.1. The number of aromatic nitrogens is 2. The van der Waals surface area contributed by atoms with Gasteiger partial charge in [0.05, 0.1) is 11.6 Å². The van der Waals surface area contributed by atoms with E-state index in [1.54, 1.807) is 17.9 Å². The summed E-state index contributed by atoms with van der Waals surface area (Å²) in [5.74, 6) is 6.68. The van der Waals surface area contributed by atoms with E-state index in [2.05, 4.69) is 22.3 Å². The Morgan fingerprint density at radius 3 is 2.55 bits per heavy atom. The molecular formula is C25H23N3O3. The summed E-state index contributed by atoms with van der Waals surface area (Å²) < 4.78 is 7.11. The Balaban J connectivity index is 1.47. The molecule has 3 aromatic rings. The van der Waals surface area contributed by atoms with Gasteiger partial charge in [0.2, 0.25) is 0 Å². The molecule has 2 aromatic carbocycles. The number of amides is 1. The van der Waals surface area contributed by atoms with Crippen molar-refractivity contribution in [1.82, 2.24) is 9.78 Å². The molecule has 6 nitrogen and oxygen atoms in total. The quantitative estimate of drug-likeness (QED) is 0.485. The van der Waals surface area contributed by atoms with Crippen molar-refractivity contribution in [3.8, 4) is 23.0 Å². The van der Waals surface area contributed by atoms with E-state index in [0.717, 1.165) is 41.4 Å². The SMILES string of the molecule is C[C@@H](OC(=O)Nc1c(-c2ccc(C#CC3(C=O)CC3)cc2)cnn1C)c1ccccc1. The van der Waals surface area contributed by atoms with E-state index in [1.165, 1.54) is 0 Å². The molecule has 1 aromatic heterocycles. The topological polar surface area (TPSA) is 73.2 Å². The number of aryl methyl sites for hydroxylation is 1. The van der Waals surface area contributed by atoms with Gasteiger partial charge in [-0.15, -0.1) is 0 Å². The van der Waals surface area contributed by atoms with Crippen LogP contribution >= 0.6 is 0 Å². The lowest BCUT2D eigenvalue weighted by Crippen LogP contribution is -2.18. The third-order valence-corrected chi connectivity index (χ3v) is 5.38. The van der Waals surface area contributed by atoms with Crippen molar-refractivity contribution in [2.75, 3.05) is 5.32 Å². The van der Waals surface area contributed by atoms with Crippen molar-refractivity contribution in [1.29, 1.82) is 0 Å². The van der Waals surface area contributed by atoms with Crippen LogP contribution in [0, 0.1) is 17.3 Å². The van der Waals surface area contributed by atoms with Crippen molar-refractivity contribution < 1.29 is 14.3 Å². The molecule has 0 saturated heterocycles. The van der Waals surface area contributed by atoms with Crippen LogP contribution in [0.4, 0.5) is 10.6 Å². The minimum absolute atomic E-state index is 0.378. The van der Waals surface area contributed by atoms with Crippen molar-refractivity contribution in [2.45, 2.75) is 25.9 Å².